The molecule has 4 atom stereocenters. The first kappa shape index (κ1) is 34.0. The van der Waals surface area contributed by atoms with Gasteiger partial charge in [0.2, 0.25) is 0 Å². The first-order valence-corrected chi connectivity index (χ1v) is 19.8. The fraction of sp³-hybridized carbons (Fsp3) is 0.371. The van der Waals surface area contributed by atoms with Crippen molar-refractivity contribution in [3.8, 4) is 5.75 Å². The van der Waals surface area contributed by atoms with Gasteiger partial charge in [-0.15, -0.1) is 5.10 Å². The summed E-state index contributed by atoms with van der Waals surface area (Å²) in [5, 5.41) is 20.5. The summed E-state index contributed by atoms with van der Waals surface area (Å²) in [6, 6.07) is 20.2. The number of halogens is 1. The molecule has 11 nitrogen and oxygen atoms in total. The molecule has 0 saturated carbocycles. The molecule has 2 aliphatic heterocycles. The van der Waals surface area contributed by atoms with Gasteiger partial charge in [0.25, 0.3) is 11.8 Å². The number of amides is 2. The lowest BCUT2D eigenvalue weighted by molar-refractivity contribution is -0.146. The zero-order chi connectivity index (χ0) is 34.2. The predicted octanol–water partition coefficient (Wildman–Crippen LogP) is 5.27. The van der Waals surface area contributed by atoms with Crippen molar-refractivity contribution in [2.45, 2.75) is 63.2 Å². The van der Waals surface area contributed by atoms with Gasteiger partial charge in [-0.1, -0.05) is 40.2 Å². The normalized spacial score (nSPS) is 21.9. The van der Waals surface area contributed by atoms with Gasteiger partial charge in [0, 0.05) is 58.5 Å². The van der Waals surface area contributed by atoms with Crippen molar-refractivity contribution in [3.05, 3.63) is 99.8 Å². The SMILES string of the molecule is COc1ccc(C(=O)Nc2ccc(CN3C(=O)[C@]4(O[C@H](CCn5cc(CCO)nn5)[C@@H]([Si](C)(C)O)[C@@H]4C)c4cc(Br)ccc43)cc2)cc1. The smallest absolute Gasteiger partial charge is 0.264 e. The number of benzene rings is 3. The summed E-state index contributed by atoms with van der Waals surface area (Å²) in [6.45, 7) is 6.64. The van der Waals surface area contributed by atoms with E-state index in [-0.39, 0.29) is 36.0 Å². The van der Waals surface area contributed by atoms with E-state index in [0.717, 1.165) is 21.3 Å². The fourth-order valence-corrected chi connectivity index (χ4v) is 10.2. The number of nitrogens with zero attached hydrogens (tertiary/aromatic N) is 4. The van der Waals surface area contributed by atoms with E-state index >= 15 is 0 Å². The number of aromatic nitrogens is 3. The van der Waals surface area contributed by atoms with Gasteiger partial charge < -0.3 is 29.6 Å². The van der Waals surface area contributed by atoms with Crippen molar-refractivity contribution < 1.29 is 29.0 Å². The Morgan fingerprint density at radius 3 is 2.52 bits per heavy atom. The number of carbonyl (C=O) groups is 2. The van der Waals surface area contributed by atoms with Gasteiger partial charge in [-0.25, -0.2) is 0 Å². The third kappa shape index (κ3) is 6.44. The maximum atomic E-state index is 14.7. The third-order valence-corrected chi connectivity index (χ3v) is 12.4. The van der Waals surface area contributed by atoms with Crippen LogP contribution in [-0.2, 0) is 34.6 Å². The Kier molecular flexibility index (Phi) is 9.60. The van der Waals surface area contributed by atoms with E-state index in [1.165, 1.54) is 0 Å². The Morgan fingerprint density at radius 1 is 1.12 bits per heavy atom. The third-order valence-electron chi connectivity index (χ3n) is 9.45. The van der Waals surface area contributed by atoms with Crippen LogP contribution in [0.3, 0.4) is 0 Å². The highest BCUT2D eigenvalue weighted by atomic mass is 79.9. The molecule has 3 aromatic carbocycles. The fourth-order valence-electron chi connectivity index (χ4n) is 7.23. The lowest BCUT2D eigenvalue weighted by atomic mass is 9.82. The Labute approximate surface area is 289 Å². The molecule has 4 aromatic rings. The number of fused-ring (bicyclic) bond motifs is 2. The number of hydrogen-bond acceptors (Lipinski definition) is 8. The maximum absolute atomic E-state index is 14.7. The molecule has 13 heteroatoms. The van der Waals surface area contributed by atoms with E-state index in [1.54, 1.807) is 41.0 Å². The molecule has 3 N–H and O–H groups in total. The van der Waals surface area contributed by atoms with E-state index in [0.29, 0.717) is 48.6 Å². The van der Waals surface area contributed by atoms with Crippen LogP contribution in [-0.4, -0.2) is 64.8 Å². The zero-order valence-corrected chi connectivity index (χ0v) is 30.0. The van der Waals surface area contributed by atoms with Gasteiger partial charge in [-0.2, -0.15) is 0 Å². The highest BCUT2D eigenvalue weighted by Gasteiger charge is 2.66. The number of hydrogen-bond donors (Lipinski definition) is 3. The summed E-state index contributed by atoms with van der Waals surface area (Å²) < 4.78 is 14.7. The predicted molar refractivity (Wildman–Crippen MR) is 187 cm³/mol. The highest BCUT2D eigenvalue weighted by Crippen LogP contribution is 2.60. The molecule has 3 heterocycles. The molecule has 1 spiro atoms. The van der Waals surface area contributed by atoms with Crippen LogP contribution in [0.4, 0.5) is 11.4 Å². The quantitative estimate of drug-likeness (QED) is 0.177. The van der Waals surface area contributed by atoms with E-state index in [9.17, 15) is 19.5 Å². The van der Waals surface area contributed by atoms with Crippen LogP contribution in [0.5, 0.6) is 5.75 Å². The highest BCUT2D eigenvalue weighted by molar-refractivity contribution is 9.10. The number of aliphatic hydroxyl groups is 1. The van der Waals surface area contributed by atoms with Crippen LogP contribution in [0.15, 0.2) is 77.4 Å². The zero-order valence-electron chi connectivity index (χ0n) is 27.4. The van der Waals surface area contributed by atoms with Crippen LogP contribution >= 0.6 is 15.9 Å². The Hall–Kier alpha value is -3.88. The monoisotopic (exact) mass is 733 g/mol. The van der Waals surface area contributed by atoms with Gasteiger partial charge in [-0.3, -0.25) is 14.3 Å². The molecule has 48 heavy (non-hydrogen) atoms. The minimum Gasteiger partial charge on any atom is -0.497 e. The van der Waals surface area contributed by atoms with E-state index in [1.807, 2.05) is 68.7 Å². The summed E-state index contributed by atoms with van der Waals surface area (Å²) in [6.07, 6.45) is 2.39. The largest absolute Gasteiger partial charge is 0.497 e. The van der Waals surface area contributed by atoms with E-state index < -0.39 is 13.9 Å². The number of methoxy groups -OCH3 is 1. The minimum atomic E-state index is -2.83. The molecular formula is C35H40BrN5O6Si. The molecule has 1 fully saturated rings. The van der Waals surface area contributed by atoms with Crippen molar-refractivity contribution in [1.82, 2.24) is 15.0 Å². The minimum absolute atomic E-state index is 0.00425. The lowest BCUT2D eigenvalue weighted by Crippen LogP contribution is -2.46. The lowest BCUT2D eigenvalue weighted by Gasteiger charge is -2.32. The Bertz CT molecular complexity index is 1790. The molecule has 1 aromatic heterocycles. The van der Waals surface area contributed by atoms with Gasteiger partial charge in [0.1, 0.15) is 5.75 Å². The number of rotatable bonds is 11. The van der Waals surface area contributed by atoms with Crippen molar-refractivity contribution in [2.24, 2.45) is 5.92 Å². The number of carbonyl (C=O) groups excluding carboxylic acids is 2. The second kappa shape index (κ2) is 13.6. The average molecular weight is 735 g/mol. The van der Waals surface area contributed by atoms with Gasteiger partial charge in [0.05, 0.1) is 31.1 Å². The Morgan fingerprint density at radius 2 is 1.85 bits per heavy atom. The summed E-state index contributed by atoms with van der Waals surface area (Å²) in [5.74, 6) is -0.00986. The number of aliphatic hydroxyl groups excluding tert-OH is 1. The van der Waals surface area contributed by atoms with Crippen molar-refractivity contribution in [2.75, 3.05) is 23.9 Å². The molecule has 0 bridgehead atoms. The molecule has 0 aliphatic carbocycles. The van der Waals surface area contributed by atoms with Gasteiger partial charge in [0.15, 0.2) is 13.9 Å². The summed E-state index contributed by atoms with van der Waals surface area (Å²) in [4.78, 5) is 40.8. The van der Waals surface area contributed by atoms with Gasteiger partial charge in [-0.05, 0) is 79.7 Å². The summed E-state index contributed by atoms with van der Waals surface area (Å²) >= 11 is 3.62. The molecule has 6 rings (SSSR count). The summed E-state index contributed by atoms with van der Waals surface area (Å²) in [7, 11) is -1.25. The van der Waals surface area contributed by atoms with Crippen molar-refractivity contribution >= 4 is 47.4 Å². The van der Waals surface area contributed by atoms with E-state index in [4.69, 9.17) is 9.47 Å². The second-order valence-corrected chi connectivity index (χ2v) is 17.9. The molecule has 0 unspecified atom stereocenters. The number of nitrogens with one attached hydrogen (secondary N) is 1. The molecule has 252 valence electrons. The van der Waals surface area contributed by atoms with Crippen LogP contribution in [0.2, 0.25) is 18.6 Å². The van der Waals surface area contributed by atoms with Crippen LogP contribution < -0.4 is 15.0 Å². The topological polar surface area (TPSA) is 139 Å². The summed E-state index contributed by atoms with van der Waals surface area (Å²) in [5.41, 5.74) is 2.81. The maximum Gasteiger partial charge on any atom is 0.264 e. The van der Waals surface area contributed by atoms with Crippen molar-refractivity contribution in [1.29, 1.82) is 0 Å². The number of anilines is 2. The molecule has 2 aliphatic rings. The van der Waals surface area contributed by atoms with Crippen LogP contribution in [0, 0.1) is 5.92 Å². The van der Waals surface area contributed by atoms with Crippen LogP contribution in [0.25, 0.3) is 0 Å². The Balaban J connectivity index is 1.24. The van der Waals surface area contributed by atoms with E-state index in [2.05, 4.69) is 31.6 Å². The standard InChI is InChI=1S/C35H40BrN5O6Si/c1-22-32(48(3,4)45)31(15-17-40-21-27(16-18-42)38-39-40)47-35(22)29-19-25(36)9-14-30(29)41(34(35)44)20-23-5-10-26(11-6-23)37-33(43)24-7-12-28(46-2)13-8-24/h5-14,19,21-22,31-32,42,45H,15-18,20H2,1-4H3,(H,37,43)/t22-,31+,32-,35+/m0/s1. The first-order valence-electron chi connectivity index (χ1n) is 16.0. The number of ether oxygens (including phenoxy) is 2. The van der Waals surface area contributed by atoms with Gasteiger partial charge >= 0.3 is 0 Å². The average Bonchev–Trinajstić information content (AvgIpc) is 3.70. The molecule has 1 saturated heterocycles. The van der Waals surface area contributed by atoms with Crippen LogP contribution in [0.1, 0.15) is 40.5 Å². The number of aryl methyl sites for hydroxylation is 1. The molecule has 0 radical (unpaired) electrons. The second-order valence-electron chi connectivity index (χ2n) is 13.0. The molecule has 2 amide bonds. The van der Waals surface area contributed by atoms with Crippen molar-refractivity contribution in [3.63, 3.8) is 0 Å². The first-order chi connectivity index (χ1) is 22.9. The molecular weight excluding hydrogens is 694 g/mol.